The van der Waals surface area contributed by atoms with Gasteiger partial charge in [0.25, 0.3) is 0 Å². The van der Waals surface area contributed by atoms with Gasteiger partial charge in [0.15, 0.2) is 0 Å². The van der Waals surface area contributed by atoms with E-state index >= 15 is 0 Å². The van der Waals surface area contributed by atoms with Crippen LogP contribution < -0.4 is 4.90 Å². The molecule has 0 radical (unpaired) electrons. The lowest BCUT2D eigenvalue weighted by Gasteiger charge is -2.35. The molecule has 2 amide bonds. The lowest BCUT2D eigenvalue weighted by atomic mass is 10.1. The molecule has 5 nitrogen and oxygen atoms in total. The minimum atomic E-state index is -0.176. The smallest absolute Gasteiger partial charge is 0.242 e. The topological polar surface area (TPSA) is 43.9 Å². The van der Waals surface area contributed by atoms with Gasteiger partial charge in [0.05, 0.1) is 10.7 Å². The Labute approximate surface area is 149 Å². The summed E-state index contributed by atoms with van der Waals surface area (Å²) >= 11 is 6.36. The Kier molecular flexibility index (Phi) is 6.24. The number of amides is 2. The third-order valence-corrected chi connectivity index (χ3v) is 4.80. The monoisotopic (exact) mass is 351 g/mol. The van der Waals surface area contributed by atoms with Crippen LogP contribution in [0.4, 0.5) is 5.69 Å². The summed E-state index contributed by atoms with van der Waals surface area (Å²) in [7, 11) is 0. The summed E-state index contributed by atoms with van der Waals surface area (Å²) in [4.78, 5) is 30.4. The SMILES string of the molecule is CCN1CCN(C(=O)CN(C(C)=O)c2c(C)cc(C)cc2Cl)CC1. The Morgan fingerprint density at radius 2 is 1.79 bits per heavy atom. The van der Waals surface area contributed by atoms with Gasteiger partial charge in [0, 0.05) is 33.1 Å². The highest BCUT2D eigenvalue weighted by Gasteiger charge is 2.25. The summed E-state index contributed by atoms with van der Waals surface area (Å²) in [6, 6.07) is 3.80. The number of rotatable bonds is 4. The molecule has 1 aliphatic rings. The summed E-state index contributed by atoms with van der Waals surface area (Å²) in [6.07, 6.45) is 0. The molecule has 1 aliphatic heterocycles. The number of carbonyl (C=O) groups is 2. The zero-order chi connectivity index (χ0) is 17.9. The van der Waals surface area contributed by atoms with Gasteiger partial charge in [-0.1, -0.05) is 24.6 Å². The molecule has 0 saturated carbocycles. The maximum atomic E-state index is 12.6. The number of aryl methyl sites for hydroxylation is 2. The van der Waals surface area contributed by atoms with Crippen molar-refractivity contribution in [3.05, 3.63) is 28.3 Å². The zero-order valence-corrected chi connectivity index (χ0v) is 15.7. The minimum absolute atomic E-state index is 0.0306. The maximum Gasteiger partial charge on any atom is 0.242 e. The number of hydrogen-bond donors (Lipinski definition) is 0. The largest absolute Gasteiger partial charge is 0.339 e. The molecule has 2 rings (SSSR count). The molecule has 0 unspecified atom stereocenters. The first-order valence-electron chi connectivity index (χ1n) is 8.38. The van der Waals surface area contributed by atoms with Gasteiger partial charge in [-0.25, -0.2) is 0 Å². The van der Waals surface area contributed by atoms with Crippen molar-refractivity contribution < 1.29 is 9.59 Å². The third-order valence-electron chi connectivity index (χ3n) is 4.51. The van der Waals surface area contributed by atoms with Crippen LogP contribution in [-0.2, 0) is 9.59 Å². The van der Waals surface area contributed by atoms with E-state index in [9.17, 15) is 9.59 Å². The number of hydrogen-bond acceptors (Lipinski definition) is 3. The maximum absolute atomic E-state index is 12.6. The standard InChI is InChI=1S/C18H26ClN3O2/c1-5-20-6-8-21(9-7-20)17(24)12-22(15(4)23)18-14(3)10-13(2)11-16(18)19/h10-11H,5-9,12H2,1-4H3. The van der Waals surface area contributed by atoms with Crippen molar-refractivity contribution in [3.63, 3.8) is 0 Å². The number of likely N-dealkylation sites (N-methyl/N-ethyl adjacent to an activating group) is 1. The molecule has 1 heterocycles. The fourth-order valence-corrected chi connectivity index (χ4v) is 3.57. The highest BCUT2D eigenvalue weighted by molar-refractivity contribution is 6.34. The van der Waals surface area contributed by atoms with E-state index in [0.717, 1.165) is 30.8 Å². The average Bonchev–Trinajstić information content (AvgIpc) is 2.52. The lowest BCUT2D eigenvalue weighted by Crippen LogP contribution is -2.51. The van der Waals surface area contributed by atoms with E-state index < -0.39 is 0 Å². The molecular formula is C18H26ClN3O2. The van der Waals surface area contributed by atoms with Crippen molar-refractivity contribution in [3.8, 4) is 0 Å². The van der Waals surface area contributed by atoms with Gasteiger partial charge in [-0.05, 0) is 37.6 Å². The third kappa shape index (κ3) is 4.28. The highest BCUT2D eigenvalue weighted by atomic mass is 35.5. The van der Waals surface area contributed by atoms with E-state index in [0.29, 0.717) is 23.8 Å². The van der Waals surface area contributed by atoms with Crippen LogP contribution >= 0.6 is 11.6 Å². The van der Waals surface area contributed by atoms with Gasteiger partial charge in [-0.3, -0.25) is 9.59 Å². The van der Waals surface area contributed by atoms with Crippen LogP contribution in [0.15, 0.2) is 12.1 Å². The first-order chi connectivity index (χ1) is 11.3. The van der Waals surface area contributed by atoms with Crippen molar-refractivity contribution >= 4 is 29.1 Å². The van der Waals surface area contributed by atoms with Crippen LogP contribution in [0, 0.1) is 13.8 Å². The van der Waals surface area contributed by atoms with Crippen LogP contribution in [0.3, 0.4) is 0 Å². The van der Waals surface area contributed by atoms with Crippen LogP contribution in [0.25, 0.3) is 0 Å². The van der Waals surface area contributed by atoms with Crippen molar-refractivity contribution in [2.45, 2.75) is 27.7 Å². The molecular weight excluding hydrogens is 326 g/mol. The Balaban J connectivity index is 2.15. The van der Waals surface area contributed by atoms with Crippen LogP contribution in [0.1, 0.15) is 25.0 Å². The van der Waals surface area contributed by atoms with Gasteiger partial charge in [0.2, 0.25) is 11.8 Å². The number of halogens is 1. The Morgan fingerprint density at radius 1 is 1.17 bits per heavy atom. The second kappa shape index (κ2) is 7.99. The van der Waals surface area contributed by atoms with Gasteiger partial charge in [0.1, 0.15) is 6.54 Å². The number of carbonyl (C=O) groups excluding carboxylic acids is 2. The van der Waals surface area contributed by atoms with Crippen molar-refractivity contribution in [1.29, 1.82) is 0 Å². The average molecular weight is 352 g/mol. The van der Waals surface area contributed by atoms with Gasteiger partial charge >= 0.3 is 0 Å². The van der Waals surface area contributed by atoms with E-state index in [2.05, 4.69) is 11.8 Å². The predicted molar refractivity (Wildman–Crippen MR) is 97.6 cm³/mol. The summed E-state index contributed by atoms with van der Waals surface area (Å²) in [5.74, 6) is -0.207. The minimum Gasteiger partial charge on any atom is -0.339 e. The van der Waals surface area contributed by atoms with E-state index in [4.69, 9.17) is 11.6 Å². The van der Waals surface area contributed by atoms with Crippen molar-refractivity contribution in [1.82, 2.24) is 9.80 Å². The molecule has 0 atom stereocenters. The zero-order valence-electron chi connectivity index (χ0n) is 14.9. The normalized spacial score (nSPS) is 15.5. The van der Waals surface area contributed by atoms with Gasteiger partial charge in [-0.2, -0.15) is 0 Å². The molecule has 1 saturated heterocycles. The second-order valence-electron chi connectivity index (χ2n) is 6.33. The van der Waals surface area contributed by atoms with E-state index in [-0.39, 0.29) is 18.4 Å². The van der Waals surface area contributed by atoms with Crippen molar-refractivity contribution in [2.75, 3.05) is 44.2 Å². The number of benzene rings is 1. The Morgan fingerprint density at radius 3 is 2.29 bits per heavy atom. The molecule has 0 aliphatic carbocycles. The van der Waals surface area contributed by atoms with Crippen LogP contribution in [0.5, 0.6) is 0 Å². The van der Waals surface area contributed by atoms with Gasteiger partial charge in [-0.15, -0.1) is 0 Å². The molecule has 1 aromatic rings. The van der Waals surface area contributed by atoms with Crippen LogP contribution in [0.2, 0.25) is 5.02 Å². The first-order valence-corrected chi connectivity index (χ1v) is 8.76. The van der Waals surface area contributed by atoms with Crippen LogP contribution in [-0.4, -0.2) is 60.9 Å². The molecule has 0 bridgehead atoms. The number of piperazine rings is 1. The highest BCUT2D eigenvalue weighted by Crippen LogP contribution is 2.31. The molecule has 6 heteroatoms. The van der Waals surface area contributed by atoms with Crippen molar-refractivity contribution in [2.24, 2.45) is 0 Å². The molecule has 0 spiro atoms. The van der Waals surface area contributed by atoms with E-state index in [1.165, 1.54) is 11.8 Å². The second-order valence-corrected chi connectivity index (χ2v) is 6.74. The number of anilines is 1. The molecule has 24 heavy (non-hydrogen) atoms. The summed E-state index contributed by atoms with van der Waals surface area (Å²) < 4.78 is 0. The fraction of sp³-hybridized carbons (Fsp3) is 0.556. The first kappa shape index (κ1) is 18.7. The molecule has 1 fully saturated rings. The predicted octanol–water partition coefficient (Wildman–Crippen LogP) is 2.47. The molecule has 132 valence electrons. The molecule has 1 aromatic carbocycles. The fourth-order valence-electron chi connectivity index (χ4n) is 3.15. The Bertz CT molecular complexity index is 602. The lowest BCUT2D eigenvalue weighted by molar-refractivity contribution is -0.132. The number of nitrogens with zero attached hydrogens (tertiary/aromatic N) is 3. The van der Waals surface area contributed by atoms with E-state index in [1.54, 1.807) is 0 Å². The summed E-state index contributed by atoms with van der Waals surface area (Å²) in [5, 5.41) is 0.506. The van der Waals surface area contributed by atoms with Gasteiger partial charge < -0.3 is 14.7 Å². The molecule has 0 N–H and O–H groups in total. The van der Waals surface area contributed by atoms with E-state index in [1.807, 2.05) is 30.9 Å². The Hall–Kier alpha value is -1.59. The summed E-state index contributed by atoms with van der Waals surface area (Å²) in [6.45, 7) is 11.7. The molecule has 0 aromatic heterocycles. The summed E-state index contributed by atoms with van der Waals surface area (Å²) in [5.41, 5.74) is 2.57. The quantitative estimate of drug-likeness (QED) is 0.837.